The van der Waals surface area contributed by atoms with Gasteiger partial charge in [-0.15, -0.1) is 0 Å². The van der Waals surface area contributed by atoms with Crippen LogP contribution in [0.2, 0.25) is 0 Å². The van der Waals surface area contributed by atoms with Crippen molar-refractivity contribution in [2.45, 2.75) is 31.6 Å². The molecule has 4 rings (SSSR count). The Morgan fingerprint density at radius 3 is 2.52 bits per heavy atom. The Balaban J connectivity index is 1.68. The zero-order valence-electron chi connectivity index (χ0n) is 17.5. The summed E-state index contributed by atoms with van der Waals surface area (Å²) < 4.78 is 33.4. The molecule has 0 atom stereocenters. The molecule has 3 aromatic rings. The van der Waals surface area contributed by atoms with E-state index in [1.54, 1.807) is 55.1 Å². The van der Waals surface area contributed by atoms with Gasteiger partial charge in [0.15, 0.2) is 0 Å². The fraction of sp³-hybridized carbons (Fsp3) is 0.318. The summed E-state index contributed by atoms with van der Waals surface area (Å²) in [5, 5.41) is 3.91. The number of anilines is 1. The van der Waals surface area contributed by atoms with E-state index in [1.807, 2.05) is 6.07 Å². The zero-order chi connectivity index (χ0) is 22.0. The quantitative estimate of drug-likeness (QED) is 0.582. The van der Waals surface area contributed by atoms with Crippen LogP contribution in [0.4, 0.5) is 5.69 Å². The second kappa shape index (κ2) is 8.50. The second-order valence-electron chi connectivity index (χ2n) is 7.41. The summed E-state index contributed by atoms with van der Waals surface area (Å²) in [5.74, 6) is -0.194. The van der Waals surface area contributed by atoms with Crippen molar-refractivity contribution in [2.75, 3.05) is 23.9 Å². The Kier molecular flexibility index (Phi) is 5.77. The van der Waals surface area contributed by atoms with E-state index in [0.29, 0.717) is 29.9 Å². The highest BCUT2D eigenvalue weighted by Crippen LogP contribution is 2.29. The molecule has 9 heteroatoms. The third-order valence-electron chi connectivity index (χ3n) is 5.35. The Labute approximate surface area is 181 Å². The van der Waals surface area contributed by atoms with E-state index in [4.69, 9.17) is 4.52 Å². The van der Waals surface area contributed by atoms with Crippen molar-refractivity contribution in [1.82, 2.24) is 15.0 Å². The number of aromatic nitrogens is 2. The summed E-state index contributed by atoms with van der Waals surface area (Å²) >= 11 is 0. The van der Waals surface area contributed by atoms with Crippen LogP contribution < -0.4 is 4.31 Å². The lowest BCUT2D eigenvalue weighted by molar-refractivity contribution is 0.0743. The van der Waals surface area contributed by atoms with Crippen LogP contribution in [0, 0.1) is 6.92 Å². The first kappa shape index (κ1) is 21.0. The second-order valence-corrected chi connectivity index (χ2v) is 9.24. The number of nitrogens with zero attached hydrogens (tertiary/aromatic N) is 4. The minimum atomic E-state index is -3.82. The summed E-state index contributed by atoms with van der Waals surface area (Å²) in [6.07, 6.45) is 1.92. The van der Waals surface area contributed by atoms with E-state index in [0.717, 1.165) is 12.8 Å². The van der Waals surface area contributed by atoms with Crippen LogP contribution in [0.15, 0.2) is 57.9 Å². The van der Waals surface area contributed by atoms with Gasteiger partial charge in [-0.2, -0.15) is 4.98 Å². The highest BCUT2D eigenvalue weighted by atomic mass is 32.2. The zero-order valence-corrected chi connectivity index (χ0v) is 18.3. The van der Waals surface area contributed by atoms with Gasteiger partial charge >= 0.3 is 11.8 Å². The minimum Gasteiger partial charge on any atom is -0.334 e. The molecule has 0 spiro atoms. The Hall–Kier alpha value is -3.20. The molecule has 0 bridgehead atoms. The lowest BCUT2D eigenvalue weighted by Crippen LogP contribution is -2.31. The van der Waals surface area contributed by atoms with Gasteiger partial charge in [-0.25, -0.2) is 8.42 Å². The van der Waals surface area contributed by atoms with Crippen molar-refractivity contribution in [2.24, 2.45) is 0 Å². The molecule has 162 valence electrons. The molecule has 1 aromatic heterocycles. The van der Waals surface area contributed by atoms with Crippen LogP contribution in [-0.2, 0) is 10.0 Å². The van der Waals surface area contributed by atoms with Gasteiger partial charge in [0, 0.05) is 25.2 Å². The number of aryl methyl sites for hydroxylation is 1. The maximum absolute atomic E-state index is 13.5. The maximum atomic E-state index is 13.5. The van der Waals surface area contributed by atoms with Gasteiger partial charge < -0.3 is 9.42 Å². The standard InChI is InChI=1S/C22H24N4O4S/c1-3-26(18-9-5-4-6-10-18)31(28,29)19-15-17(12-11-16(19)2)20-23-21(30-24-20)22(27)25-13-7-8-14-25/h4-6,9-12,15H,3,7-8,13-14H2,1-2H3. The number of benzene rings is 2. The fourth-order valence-corrected chi connectivity index (χ4v) is 5.43. The number of carbonyl (C=O) groups is 1. The molecule has 0 N–H and O–H groups in total. The molecule has 8 nitrogen and oxygen atoms in total. The van der Waals surface area contributed by atoms with Crippen LogP contribution in [0.3, 0.4) is 0 Å². The molecule has 0 radical (unpaired) electrons. The smallest absolute Gasteiger partial charge is 0.316 e. The highest BCUT2D eigenvalue weighted by Gasteiger charge is 2.28. The lowest BCUT2D eigenvalue weighted by atomic mass is 10.1. The molecule has 0 unspecified atom stereocenters. The van der Waals surface area contributed by atoms with Gasteiger partial charge in [0.05, 0.1) is 10.6 Å². The summed E-state index contributed by atoms with van der Waals surface area (Å²) in [6, 6.07) is 13.9. The van der Waals surface area contributed by atoms with Crippen LogP contribution in [0.1, 0.15) is 36.0 Å². The van der Waals surface area contributed by atoms with Gasteiger partial charge in [-0.1, -0.05) is 35.5 Å². The van der Waals surface area contributed by atoms with Gasteiger partial charge in [0.2, 0.25) is 5.82 Å². The van der Waals surface area contributed by atoms with Crippen LogP contribution in [-0.4, -0.2) is 49.0 Å². The van der Waals surface area contributed by atoms with Gasteiger partial charge in [0.1, 0.15) is 0 Å². The van der Waals surface area contributed by atoms with Crippen molar-refractivity contribution in [3.63, 3.8) is 0 Å². The molecule has 1 aliphatic rings. The molecule has 1 aliphatic heterocycles. The molecule has 1 fully saturated rings. The summed E-state index contributed by atoms with van der Waals surface area (Å²) in [5.41, 5.74) is 1.67. The fourth-order valence-electron chi connectivity index (χ4n) is 3.70. The van der Waals surface area contributed by atoms with E-state index in [-0.39, 0.29) is 29.1 Å². The van der Waals surface area contributed by atoms with Crippen LogP contribution in [0.5, 0.6) is 0 Å². The Bertz CT molecular complexity index is 1190. The van der Waals surface area contributed by atoms with Gasteiger partial charge in [-0.05, 0) is 50.5 Å². The van der Waals surface area contributed by atoms with E-state index in [9.17, 15) is 13.2 Å². The van der Waals surface area contributed by atoms with Crippen LogP contribution >= 0.6 is 0 Å². The first-order valence-electron chi connectivity index (χ1n) is 10.2. The molecule has 31 heavy (non-hydrogen) atoms. The number of carbonyl (C=O) groups excluding carboxylic acids is 1. The molecular weight excluding hydrogens is 416 g/mol. The Morgan fingerprint density at radius 2 is 1.84 bits per heavy atom. The largest absolute Gasteiger partial charge is 0.334 e. The molecular formula is C22H24N4O4S. The summed E-state index contributed by atoms with van der Waals surface area (Å²) in [6.45, 7) is 5.17. The summed E-state index contributed by atoms with van der Waals surface area (Å²) in [4.78, 5) is 18.5. The number of hydrogen-bond acceptors (Lipinski definition) is 6. The SMILES string of the molecule is CCN(c1ccccc1)S(=O)(=O)c1cc(-c2noc(C(=O)N3CCCC3)n2)ccc1C. The lowest BCUT2D eigenvalue weighted by Gasteiger charge is -2.24. The molecule has 2 aromatic carbocycles. The number of amides is 1. The molecule has 0 saturated carbocycles. The average molecular weight is 441 g/mol. The van der Waals surface area contributed by atoms with E-state index < -0.39 is 10.0 Å². The summed E-state index contributed by atoms with van der Waals surface area (Å²) in [7, 11) is -3.82. The predicted octanol–water partition coefficient (Wildman–Crippen LogP) is 3.50. The van der Waals surface area contributed by atoms with E-state index in [1.165, 1.54) is 10.4 Å². The monoisotopic (exact) mass is 440 g/mol. The topological polar surface area (TPSA) is 96.6 Å². The average Bonchev–Trinajstić information content (AvgIpc) is 3.47. The maximum Gasteiger partial charge on any atom is 0.316 e. The van der Waals surface area contributed by atoms with E-state index >= 15 is 0 Å². The number of para-hydroxylation sites is 1. The van der Waals surface area contributed by atoms with E-state index in [2.05, 4.69) is 10.1 Å². The normalized spacial score (nSPS) is 14.1. The van der Waals surface area contributed by atoms with Crippen molar-refractivity contribution < 1.29 is 17.7 Å². The third kappa shape index (κ3) is 4.05. The molecule has 1 saturated heterocycles. The number of likely N-dealkylation sites (tertiary alicyclic amines) is 1. The Morgan fingerprint density at radius 1 is 1.13 bits per heavy atom. The first-order chi connectivity index (χ1) is 14.9. The number of rotatable bonds is 6. The number of sulfonamides is 1. The first-order valence-corrected chi connectivity index (χ1v) is 11.7. The predicted molar refractivity (Wildman–Crippen MR) is 116 cm³/mol. The number of hydrogen-bond donors (Lipinski definition) is 0. The van der Waals surface area contributed by atoms with Gasteiger partial charge in [0.25, 0.3) is 10.0 Å². The minimum absolute atomic E-state index is 0.0821. The van der Waals surface area contributed by atoms with Crippen molar-refractivity contribution >= 4 is 21.6 Å². The molecule has 1 amide bonds. The molecule has 2 heterocycles. The van der Waals surface area contributed by atoms with Crippen molar-refractivity contribution in [3.05, 3.63) is 60.0 Å². The molecule has 0 aliphatic carbocycles. The van der Waals surface area contributed by atoms with Crippen molar-refractivity contribution in [3.8, 4) is 11.4 Å². The van der Waals surface area contributed by atoms with Gasteiger partial charge in [-0.3, -0.25) is 9.10 Å². The van der Waals surface area contributed by atoms with Crippen LogP contribution in [0.25, 0.3) is 11.4 Å². The highest BCUT2D eigenvalue weighted by molar-refractivity contribution is 7.92. The third-order valence-corrected chi connectivity index (χ3v) is 7.39. The van der Waals surface area contributed by atoms with Crippen molar-refractivity contribution in [1.29, 1.82) is 0 Å².